The summed E-state index contributed by atoms with van der Waals surface area (Å²) in [4.78, 5) is 16.5. The molecular formula is C16H18BrN3O3S2. The van der Waals surface area contributed by atoms with Gasteiger partial charge in [0.15, 0.2) is 0 Å². The number of nitrogens with zero attached hydrogens (tertiary/aromatic N) is 2. The van der Waals surface area contributed by atoms with Gasteiger partial charge in [-0.05, 0) is 60.0 Å². The van der Waals surface area contributed by atoms with E-state index in [1.54, 1.807) is 24.4 Å². The van der Waals surface area contributed by atoms with Crippen molar-refractivity contribution < 1.29 is 13.2 Å². The lowest BCUT2D eigenvalue weighted by Gasteiger charge is -2.30. The van der Waals surface area contributed by atoms with Crippen LogP contribution in [0.5, 0.6) is 0 Å². The second-order valence-electron chi connectivity index (χ2n) is 5.91. The Morgan fingerprint density at radius 3 is 2.64 bits per heavy atom. The molecular weight excluding hydrogens is 426 g/mol. The van der Waals surface area contributed by atoms with Gasteiger partial charge in [0, 0.05) is 36.6 Å². The topological polar surface area (TPSA) is 79.4 Å². The molecule has 25 heavy (non-hydrogen) atoms. The molecule has 2 aromatic heterocycles. The molecule has 6 nitrogen and oxygen atoms in total. The number of nitrogens with one attached hydrogen (secondary N) is 1. The van der Waals surface area contributed by atoms with Crippen LogP contribution in [-0.2, 0) is 14.8 Å². The zero-order valence-electron chi connectivity index (χ0n) is 13.6. The fourth-order valence-corrected chi connectivity index (χ4v) is 6.42. The Labute approximate surface area is 159 Å². The van der Waals surface area contributed by atoms with Crippen LogP contribution >= 0.6 is 27.3 Å². The Hall–Kier alpha value is -1.29. The average Bonchev–Trinajstić information content (AvgIpc) is 3.02. The van der Waals surface area contributed by atoms with Crippen LogP contribution < -0.4 is 5.32 Å². The van der Waals surface area contributed by atoms with E-state index >= 15 is 0 Å². The number of halogens is 1. The van der Waals surface area contributed by atoms with Gasteiger partial charge in [-0.1, -0.05) is 0 Å². The number of sulfonamides is 1. The van der Waals surface area contributed by atoms with Crippen molar-refractivity contribution in [2.75, 3.05) is 18.4 Å². The molecule has 2 aromatic rings. The first-order chi connectivity index (χ1) is 11.9. The highest BCUT2D eigenvalue weighted by atomic mass is 79.9. The molecule has 0 saturated carbocycles. The fourth-order valence-electron chi connectivity index (χ4n) is 2.79. The normalized spacial score (nSPS) is 16.7. The zero-order chi connectivity index (χ0) is 18.0. The SMILES string of the molecule is Cc1cc(NC(=O)C2CCN(S(=O)(=O)c3ccc(Br)s3)CC2)ccn1. The number of piperidine rings is 1. The van der Waals surface area contributed by atoms with Crippen molar-refractivity contribution in [1.29, 1.82) is 0 Å². The van der Waals surface area contributed by atoms with Gasteiger partial charge in [-0.25, -0.2) is 8.42 Å². The first-order valence-electron chi connectivity index (χ1n) is 7.85. The van der Waals surface area contributed by atoms with Gasteiger partial charge in [-0.2, -0.15) is 4.31 Å². The van der Waals surface area contributed by atoms with Gasteiger partial charge in [-0.3, -0.25) is 9.78 Å². The van der Waals surface area contributed by atoms with E-state index in [1.807, 2.05) is 13.0 Å². The number of hydrogen-bond acceptors (Lipinski definition) is 5. The van der Waals surface area contributed by atoms with Crippen LogP contribution in [0.2, 0.25) is 0 Å². The minimum absolute atomic E-state index is 0.0680. The van der Waals surface area contributed by atoms with Gasteiger partial charge < -0.3 is 5.32 Å². The van der Waals surface area contributed by atoms with E-state index in [2.05, 4.69) is 26.2 Å². The number of rotatable bonds is 4. The Morgan fingerprint density at radius 1 is 1.32 bits per heavy atom. The summed E-state index contributed by atoms with van der Waals surface area (Å²) in [6.07, 6.45) is 2.68. The number of pyridine rings is 1. The fraction of sp³-hybridized carbons (Fsp3) is 0.375. The second-order valence-corrected chi connectivity index (χ2v) is 10.5. The Kier molecular flexibility index (Phi) is 5.57. The number of aryl methyl sites for hydroxylation is 1. The molecule has 1 saturated heterocycles. The summed E-state index contributed by atoms with van der Waals surface area (Å²) < 4.78 is 27.8. The largest absolute Gasteiger partial charge is 0.326 e. The smallest absolute Gasteiger partial charge is 0.252 e. The molecule has 9 heteroatoms. The lowest BCUT2D eigenvalue weighted by atomic mass is 9.97. The van der Waals surface area contributed by atoms with Crippen LogP contribution in [0.25, 0.3) is 0 Å². The predicted octanol–water partition coefficient (Wildman–Crippen LogP) is 3.25. The summed E-state index contributed by atoms with van der Waals surface area (Å²) in [5.74, 6) is -0.253. The number of hydrogen-bond donors (Lipinski definition) is 1. The molecule has 3 rings (SSSR count). The van der Waals surface area contributed by atoms with Crippen LogP contribution in [0.4, 0.5) is 5.69 Å². The monoisotopic (exact) mass is 443 g/mol. The maximum atomic E-state index is 12.6. The first-order valence-corrected chi connectivity index (χ1v) is 10.9. The van der Waals surface area contributed by atoms with E-state index in [0.717, 1.165) is 15.2 Å². The van der Waals surface area contributed by atoms with E-state index < -0.39 is 10.0 Å². The third-order valence-corrected chi connectivity index (χ3v) is 8.12. The molecule has 134 valence electrons. The molecule has 0 radical (unpaired) electrons. The molecule has 0 unspecified atom stereocenters. The maximum absolute atomic E-state index is 12.6. The van der Waals surface area contributed by atoms with Gasteiger partial charge in [0.2, 0.25) is 5.91 Å². The Balaban J connectivity index is 1.61. The quantitative estimate of drug-likeness (QED) is 0.785. The second kappa shape index (κ2) is 7.53. The van der Waals surface area contributed by atoms with Crippen molar-refractivity contribution in [3.05, 3.63) is 39.9 Å². The van der Waals surface area contributed by atoms with Crippen molar-refractivity contribution in [3.8, 4) is 0 Å². The summed E-state index contributed by atoms with van der Waals surface area (Å²) in [6.45, 7) is 2.57. The van der Waals surface area contributed by atoms with E-state index in [-0.39, 0.29) is 11.8 Å². The molecule has 1 aliphatic heterocycles. The van der Waals surface area contributed by atoms with E-state index in [9.17, 15) is 13.2 Å². The average molecular weight is 444 g/mol. The molecule has 1 fully saturated rings. The summed E-state index contributed by atoms with van der Waals surface area (Å²) in [6, 6.07) is 6.90. The third kappa shape index (κ3) is 4.28. The van der Waals surface area contributed by atoms with E-state index in [4.69, 9.17) is 0 Å². The van der Waals surface area contributed by atoms with Gasteiger partial charge in [0.25, 0.3) is 10.0 Å². The molecule has 0 aliphatic carbocycles. The minimum Gasteiger partial charge on any atom is -0.326 e. The van der Waals surface area contributed by atoms with Crippen molar-refractivity contribution in [1.82, 2.24) is 9.29 Å². The number of carbonyl (C=O) groups is 1. The van der Waals surface area contributed by atoms with Gasteiger partial charge in [0.05, 0.1) is 3.79 Å². The van der Waals surface area contributed by atoms with Crippen molar-refractivity contribution >= 4 is 48.9 Å². The lowest BCUT2D eigenvalue weighted by molar-refractivity contribution is -0.120. The highest BCUT2D eigenvalue weighted by molar-refractivity contribution is 9.11. The third-order valence-electron chi connectivity index (χ3n) is 4.13. The molecule has 3 heterocycles. The van der Waals surface area contributed by atoms with Crippen LogP contribution in [0.15, 0.2) is 38.5 Å². The standard InChI is InChI=1S/C16H18BrN3O3S2/c1-11-10-13(4-7-18-11)19-16(21)12-5-8-20(9-6-12)25(22,23)15-3-2-14(17)24-15/h2-4,7,10,12H,5-6,8-9H2,1H3,(H,18,19,21). The number of carbonyl (C=O) groups excluding carboxylic acids is 1. The van der Waals surface area contributed by atoms with Crippen molar-refractivity contribution in [2.45, 2.75) is 24.0 Å². The number of anilines is 1. The van der Waals surface area contributed by atoms with E-state index in [0.29, 0.717) is 30.1 Å². The van der Waals surface area contributed by atoms with Crippen LogP contribution in [0.1, 0.15) is 18.5 Å². The van der Waals surface area contributed by atoms with Gasteiger partial charge in [-0.15, -0.1) is 11.3 Å². The van der Waals surface area contributed by atoms with Crippen molar-refractivity contribution in [2.24, 2.45) is 5.92 Å². The molecule has 1 aliphatic rings. The molecule has 0 bridgehead atoms. The number of aromatic nitrogens is 1. The predicted molar refractivity (Wildman–Crippen MR) is 101 cm³/mol. The summed E-state index contributed by atoms with van der Waals surface area (Å²) in [5.41, 5.74) is 1.55. The Bertz CT molecular complexity index is 874. The minimum atomic E-state index is -3.47. The lowest BCUT2D eigenvalue weighted by Crippen LogP contribution is -2.41. The summed E-state index contributed by atoms with van der Waals surface area (Å²) in [5, 5.41) is 2.89. The number of thiophene rings is 1. The van der Waals surface area contributed by atoms with Crippen LogP contribution in [-0.4, -0.2) is 36.7 Å². The molecule has 0 aromatic carbocycles. The molecule has 0 atom stereocenters. The first kappa shape index (κ1) is 18.5. The van der Waals surface area contributed by atoms with Gasteiger partial charge >= 0.3 is 0 Å². The molecule has 1 N–H and O–H groups in total. The van der Waals surface area contributed by atoms with E-state index in [1.165, 1.54) is 15.6 Å². The maximum Gasteiger partial charge on any atom is 0.252 e. The highest BCUT2D eigenvalue weighted by Gasteiger charge is 2.32. The van der Waals surface area contributed by atoms with Crippen molar-refractivity contribution in [3.63, 3.8) is 0 Å². The highest BCUT2D eigenvalue weighted by Crippen LogP contribution is 2.31. The molecule has 1 amide bonds. The number of amides is 1. The Morgan fingerprint density at radius 2 is 2.04 bits per heavy atom. The van der Waals surface area contributed by atoms with Gasteiger partial charge in [0.1, 0.15) is 4.21 Å². The van der Waals surface area contributed by atoms with Crippen LogP contribution in [0.3, 0.4) is 0 Å². The van der Waals surface area contributed by atoms with Crippen LogP contribution in [0, 0.1) is 12.8 Å². The zero-order valence-corrected chi connectivity index (χ0v) is 16.8. The summed E-state index contributed by atoms with van der Waals surface area (Å²) >= 11 is 4.49. The molecule has 0 spiro atoms. The summed E-state index contributed by atoms with van der Waals surface area (Å²) in [7, 11) is -3.47.